The Morgan fingerprint density at radius 2 is 1.56 bits per heavy atom. The SMILES string of the molecule is CC[N+](CC)(CC)CCCCCC1=CC(=C(C#N)C#N)C=C(C=Cc2ccc(N(C)C)cc2)O1. The van der Waals surface area contributed by atoms with Gasteiger partial charge in [0.1, 0.15) is 29.2 Å². The molecule has 1 aliphatic rings. The zero-order valence-electron chi connectivity index (χ0n) is 21.5. The summed E-state index contributed by atoms with van der Waals surface area (Å²) in [6.07, 6.45) is 11.6. The Hall–Kier alpha value is -3.28. The van der Waals surface area contributed by atoms with Crippen LogP contribution in [0.1, 0.15) is 52.0 Å². The van der Waals surface area contributed by atoms with E-state index in [0.29, 0.717) is 11.3 Å². The molecule has 34 heavy (non-hydrogen) atoms. The van der Waals surface area contributed by atoms with Crippen LogP contribution < -0.4 is 4.90 Å². The topological polar surface area (TPSA) is 60.0 Å². The third-order valence-electron chi connectivity index (χ3n) is 6.79. The molecule has 0 radical (unpaired) electrons. The lowest BCUT2D eigenvalue weighted by Gasteiger charge is -2.35. The van der Waals surface area contributed by atoms with E-state index in [1.165, 1.54) is 37.1 Å². The minimum atomic E-state index is 0.109. The first-order chi connectivity index (χ1) is 16.4. The summed E-state index contributed by atoms with van der Waals surface area (Å²) < 4.78 is 7.29. The summed E-state index contributed by atoms with van der Waals surface area (Å²) >= 11 is 0. The number of nitriles is 2. The monoisotopic (exact) mass is 459 g/mol. The number of ether oxygens (including phenoxy) is 1. The van der Waals surface area contributed by atoms with Crippen LogP contribution in [0, 0.1) is 22.7 Å². The second-order valence-corrected chi connectivity index (χ2v) is 8.96. The van der Waals surface area contributed by atoms with Crippen molar-refractivity contribution in [3.63, 3.8) is 0 Å². The van der Waals surface area contributed by atoms with Gasteiger partial charge in [-0.2, -0.15) is 10.5 Å². The van der Waals surface area contributed by atoms with Crippen LogP contribution >= 0.6 is 0 Å². The van der Waals surface area contributed by atoms with Gasteiger partial charge in [0.15, 0.2) is 0 Å². The van der Waals surface area contributed by atoms with Crippen LogP contribution in [0.3, 0.4) is 0 Å². The molecule has 1 aromatic rings. The third kappa shape index (κ3) is 7.65. The highest BCUT2D eigenvalue weighted by Gasteiger charge is 2.19. The average molecular weight is 460 g/mol. The molecule has 0 saturated carbocycles. The Kier molecular flexibility index (Phi) is 10.7. The number of allylic oxidation sites excluding steroid dienone is 6. The fourth-order valence-corrected chi connectivity index (χ4v) is 4.21. The number of benzene rings is 1. The summed E-state index contributed by atoms with van der Waals surface area (Å²) in [7, 11) is 4.03. The number of hydrogen-bond acceptors (Lipinski definition) is 4. The molecule has 1 aromatic carbocycles. The summed E-state index contributed by atoms with van der Waals surface area (Å²) in [5.41, 5.74) is 2.92. The Morgan fingerprint density at radius 1 is 0.912 bits per heavy atom. The predicted octanol–water partition coefficient (Wildman–Crippen LogP) is 6.34. The number of anilines is 1. The molecule has 1 aliphatic heterocycles. The molecule has 0 saturated heterocycles. The van der Waals surface area contributed by atoms with Gasteiger partial charge in [-0.05, 0) is 76.0 Å². The van der Waals surface area contributed by atoms with Gasteiger partial charge in [0, 0.05) is 31.8 Å². The largest absolute Gasteiger partial charge is 0.462 e. The molecule has 5 nitrogen and oxygen atoms in total. The van der Waals surface area contributed by atoms with Gasteiger partial charge < -0.3 is 14.1 Å². The van der Waals surface area contributed by atoms with Gasteiger partial charge in [0.2, 0.25) is 0 Å². The quantitative estimate of drug-likeness (QED) is 0.208. The molecule has 5 heteroatoms. The van der Waals surface area contributed by atoms with Crippen molar-refractivity contribution in [2.45, 2.75) is 46.5 Å². The zero-order valence-corrected chi connectivity index (χ0v) is 21.5. The lowest BCUT2D eigenvalue weighted by atomic mass is 10.0. The molecule has 1 heterocycles. The summed E-state index contributed by atoms with van der Waals surface area (Å²) in [5.74, 6) is 1.45. The Bertz CT molecular complexity index is 985. The lowest BCUT2D eigenvalue weighted by molar-refractivity contribution is -0.923. The van der Waals surface area contributed by atoms with Gasteiger partial charge in [-0.15, -0.1) is 0 Å². The van der Waals surface area contributed by atoms with Gasteiger partial charge >= 0.3 is 0 Å². The van der Waals surface area contributed by atoms with Crippen molar-refractivity contribution in [1.29, 1.82) is 10.5 Å². The molecular formula is C29H39N4O+. The molecule has 0 aromatic heterocycles. The molecule has 0 amide bonds. The first kappa shape index (κ1) is 27.0. The van der Waals surface area contributed by atoms with Crippen LogP contribution in [0.25, 0.3) is 6.08 Å². The third-order valence-corrected chi connectivity index (χ3v) is 6.79. The minimum Gasteiger partial charge on any atom is -0.462 e. The van der Waals surface area contributed by atoms with Gasteiger partial charge in [-0.25, -0.2) is 0 Å². The van der Waals surface area contributed by atoms with E-state index in [4.69, 9.17) is 4.74 Å². The molecule has 0 N–H and O–H groups in total. The first-order valence-corrected chi connectivity index (χ1v) is 12.4. The van der Waals surface area contributed by atoms with Crippen molar-refractivity contribution in [2.75, 3.05) is 45.2 Å². The Morgan fingerprint density at radius 3 is 2.12 bits per heavy atom. The maximum atomic E-state index is 9.37. The Labute approximate surface area is 206 Å². The summed E-state index contributed by atoms with van der Waals surface area (Å²) in [6, 6.07) is 12.3. The van der Waals surface area contributed by atoms with E-state index in [1.807, 2.05) is 44.5 Å². The standard InChI is InChI=1S/C29H39N4O/c1-6-33(7-2,8-3)19-11-9-10-12-28-20-25(26(22-30)23-31)21-29(34-28)18-15-24-13-16-27(17-14-24)32(4)5/h13-18,20-21H,6-12,19H2,1-5H3/q+1. The number of quaternary nitrogens is 1. The van der Waals surface area contributed by atoms with Crippen molar-refractivity contribution in [2.24, 2.45) is 0 Å². The molecule has 0 spiro atoms. The number of nitrogens with zero attached hydrogens (tertiary/aromatic N) is 4. The normalized spacial score (nSPS) is 13.6. The first-order valence-electron chi connectivity index (χ1n) is 12.4. The number of unbranched alkanes of at least 4 members (excludes halogenated alkanes) is 2. The van der Waals surface area contributed by atoms with Crippen LogP contribution in [-0.4, -0.2) is 44.8 Å². The van der Waals surface area contributed by atoms with E-state index in [9.17, 15) is 10.5 Å². The highest BCUT2D eigenvalue weighted by Crippen LogP contribution is 2.26. The van der Waals surface area contributed by atoms with Crippen LogP contribution in [0.2, 0.25) is 0 Å². The fourth-order valence-electron chi connectivity index (χ4n) is 4.21. The molecule has 0 fully saturated rings. The Balaban J connectivity index is 2.06. The van der Waals surface area contributed by atoms with Crippen LogP contribution in [0.4, 0.5) is 5.69 Å². The van der Waals surface area contributed by atoms with E-state index in [0.717, 1.165) is 36.3 Å². The minimum absolute atomic E-state index is 0.109. The summed E-state index contributed by atoms with van der Waals surface area (Å²) in [6.45, 7) is 11.6. The second-order valence-electron chi connectivity index (χ2n) is 8.96. The van der Waals surface area contributed by atoms with Gasteiger partial charge in [0.25, 0.3) is 0 Å². The summed E-state index contributed by atoms with van der Waals surface area (Å²) in [4.78, 5) is 2.06. The van der Waals surface area contributed by atoms with Crippen molar-refractivity contribution >= 4 is 11.8 Å². The van der Waals surface area contributed by atoms with E-state index in [2.05, 4.69) is 49.9 Å². The number of hydrogen-bond donors (Lipinski definition) is 0. The van der Waals surface area contributed by atoms with E-state index >= 15 is 0 Å². The molecule has 0 bridgehead atoms. The average Bonchev–Trinajstić information content (AvgIpc) is 2.86. The molecule has 180 valence electrons. The molecule has 0 aliphatic carbocycles. The van der Waals surface area contributed by atoms with E-state index in [1.54, 1.807) is 6.08 Å². The maximum Gasteiger partial charge on any atom is 0.137 e. The van der Waals surface area contributed by atoms with E-state index in [-0.39, 0.29) is 5.57 Å². The van der Waals surface area contributed by atoms with Crippen LogP contribution in [0.5, 0.6) is 0 Å². The van der Waals surface area contributed by atoms with Crippen LogP contribution in [0.15, 0.2) is 65.2 Å². The smallest absolute Gasteiger partial charge is 0.137 e. The van der Waals surface area contributed by atoms with Crippen LogP contribution in [-0.2, 0) is 4.74 Å². The predicted molar refractivity (Wildman–Crippen MR) is 141 cm³/mol. The van der Waals surface area contributed by atoms with Gasteiger partial charge in [-0.1, -0.05) is 18.2 Å². The van der Waals surface area contributed by atoms with Crippen molar-refractivity contribution in [1.82, 2.24) is 0 Å². The maximum absolute atomic E-state index is 9.37. The van der Waals surface area contributed by atoms with Crippen molar-refractivity contribution in [3.8, 4) is 12.1 Å². The summed E-state index contributed by atoms with van der Waals surface area (Å²) in [5, 5.41) is 18.7. The van der Waals surface area contributed by atoms with Crippen molar-refractivity contribution < 1.29 is 9.22 Å². The van der Waals surface area contributed by atoms with Gasteiger partial charge in [0.05, 0.1) is 26.2 Å². The molecule has 0 unspecified atom stereocenters. The second kappa shape index (κ2) is 13.4. The lowest BCUT2D eigenvalue weighted by Crippen LogP contribution is -2.48. The molecular weight excluding hydrogens is 420 g/mol. The highest BCUT2D eigenvalue weighted by molar-refractivity contribution is 5.59. The molecule has 2 rings (SSSR count). The van der Waals surface area contributed by atoms with Crippen molar-refractivity contribution in [3.05, 3.63) is 70.7 Å². The van der Waals surface area contributed by atoms with E-state index < -0.39 is 0 Å². The zero-order chi connectivity index (χ0) is 25.0. The fraction of sp³-hybridized carbons (Fsp3) is 0.448. The van der Waals surface area contributed by atoms with Gasteiger partial charge in [-0.3, -0.25) is 0 Å². The molecule has 0 atom stereocenters. The highest BCUT2D eigenvalue weighted by atomic mass is 16.5. The number of rotatable bonds is 12.